The fourth-order valence-corrected chi connectivity index (χ4v) is 1.77. The van der Waals surface area contributed by atoms with Gasteiger partial charge < -0.3 is 10.1 Å². The highest BCUT2D eigenvalue weighted by molar-refractivity contribution is 8.00. The minimum atomic E-state index is 0.790. The van der Waals surface area contributed by atoms with Crippen LogP contribution in [0.3, 0.4) is 0 Å². The molecule has 10 heavy (non-hydrogen) atoms. The third kappa shape index (κ3) is 2.90. The molecule has 0 bridgehead atoms. The van der Waals surface area contributed by atoms with E-state index in [0.717, 1.165) is 31.6 Å². The Bertz CT molecular complexity index is 85.7. The molecule has 0 aromatic heterocycles. The molecule has 2 nitrogen and oxygen atoms in total. The van der Waals surface area contributed by atoms with Gasteiger partial charge in [0.05, 0.1) is 18.5 Å². The number of hydrogen-bond donors (Lipinski definition) is 1. The highest BCUT2D eigenvalue weighted by Gasteiger charge is 2.17. The Labute approximate surface area is 66.7 Å². The van der Waals surface area contributed by atoms with E-state index in [4.69, 9.17) is 4.74 Å². The van der Waals surface area contributed by atoms with Crippen molar-refractivity contribution in [1.82, 2.24) is 5.32 Å². The highest BCUT2D eigenvalue weighted by atomic mass is 32.2. The maximum Gasteiger partial charge on any atom is 0.0607 e. The van der Waals surface area contributed by atoms with Gasteiger partial charge in [0.1, 0.15) is 0 Å². The number of thioether (sulfide) groups is 1. The lowest BCUT2D eigenvalue weighted by Crippen LogP contribution is -2.31. The summed E-state index contributed by atoms with van der Waals surface area (Å²) in [6.07, 6.45) is 0. The van der Waals surface area contributed by atoms with E-state index in [1.54, 1.807) is 0 Å². The van der Waals surface area contributed by atoms with Crippen LogP contribution >= 0.6 is 11.8 Å². The largest absolute Gasteiger partial charge is 0.379 e. The third-order valence-electron chi connectivity index (χ3n) is 1.49. The molecule has 0 amide bonds. The molecule has 1 rings (SSSR count). The lowest BCUT2D eigenvalue weighted by atomic mass is 10.4. The summed E-state index contributed by atoms with van der Waals surface area (Å²) in [5.41, 5.74) is 0. The fraction of sp³-hybridized carbons (Fsp3) is 1.00. The Morgan fingerprint density at radius 3 is 2.90 bits per heavy atom. The summed E-state index contributed by atoms with van der Waals surface area (Å²) in [7, 11) is 0. The van der Waals surface area contributed by atoms with Crippen molar-refractivity contribution in [2.75, 3.05) is 32.1 Å². The number of rotatable bonds is 5. The molecule has 1 aliphatic heterocycles. The normalized spacial score (nSPS) is 18.9. The standard InChI is InChI=1S/C7H15NOS/c1-2-8-3-4-10-7-5-9-6-7/h7-8H,2-6H2,1H3. The molecule has 1 aliphatic rings. The van der Waals surface area contributed by atoms with Crippen LogP contribution in [-0.4, -0.2) is 37.3 Å². The second-order valence-corrected chi connectivity index (χ2v) is 3.79. The molecule has 0 unspecified atom stereocenters. The van der Waals surface area contributed by atoms with Gasteiger partial charge >= 0.3 is 0 Å². The first-order valence-electron chi connectivity index (χ1n) is 3.83. The van der Waals surface area contributed by atoms with Crippen molar-refractivity contribution in [3.05, 3.63) is 0 Å². The zero-order valence-electron chi connectivity index (χ0n) is 6.43. The second-order valence-electron chi connectivity index (χ2n) is 2.38. The molecule has 1 fully saturated rings. The van der Waals surface area contributed by atoms with Gasteiger partial charge in [0.2, 0.25) is 0 Å². The van der Waals surface area contributed by atoms with E-state index in [0.29, 0.717) is 0 Å². The molecule has 0 aromatic carbocycles. The van der Waals surface area contributed by atoms with Crippen LogP contribution in [0.1, 0.15) is 6.92 Å². The molecule has 1 heterocycles. The van der Waals surface area contributed by atoms with Crippen molar-refractivity contribution >= 4 is 11.8 Å². The van der Waals surface area contributed by atoms with E-state index in [-0.39, 0.29) is 0 Å². The predicted octanol–water partition coefficient (Wildman–Crippen LogP) is 0.728. The Kier molecular flexibility index (Phi) is 4.18. The summed E-state index contributed by atoms with van der Waals surface area (Å²) in [4.78, 5) is 0. The van der Waals surface area contributed by atoms with Crippen molar-refractivity contribution in [2.24, 2.45) is 0 Å². The first kappa shape index (κ1) is 8.37. The van der Waals surface area contributed by atoms with Gasteiger partial charge in [-0.1, -0.05) is 6.92 Å². The van der Waals surface area contributed by atoms with Gasteiger partial charge in [-0.25, -0.2) is 0 Å². The van der Waals surface area contributed by atoms with Gasteiger partial charge in [-0.15, -0.1) is 0 Å². The lowest BCUT2D eigenvalue weighted by molar-refractivity contribution is 0.0455. The maximum absolute atomic E-state index is 5.05. The van der Waals surface area contributed by atoms with E-state index in [1.165, 1.54) is 5.75 Å². The Hall–Kier alpha value is 0.270. The minimum Gasteiger partial charge on any atom is -0.379 e. The van der Waals surface area contributed by atoms with Gasteiger partial charge in [0.15, 0.2) is 0 Å². The summed E-state index contributed by atoms with van der Waals surface area (Å²) >= 11 is 2.02. The predicted molar refractivity (Wildman–Crippen MR) is 45.6 cm³/mol. The fourth-order valence-electron chi connectivity index (χ4n) is 0.785. The quantitative estimate of drug-likeness (QED) is 0.601. The van der Waals surface area contributed by atoms with Crippen LogP contribution in [0, 0.1) is 0 Å². The third-order valence-corrected chi connectivity index (χ3v) is 2.67. The number of hydrogen-bond acceptors (Lipinski definition) is 3. The van der Waals surface area contributed by atoms with Crippen LogP contribution in [0.5, 0.6) is 0 Å². The van der Waals surface area contributed by atoms with Crippen LogP contribution in [-0.2, 0) is 4.74 Å². The molecular formula is C7H15NOS. The topological polar surface area (TPSA) is 21.3 Å². The zero-order valence-corrected chi connectivity index (χ0v) is 7.25. The SMILES string of the molecule is CCNCCSC1COC1. The van der Waals surface area contributed by atoms with E-state index >= 15 is 0 Å². The second kappa shape index (κ2) is 4.99. The van der Waals surface area contributed by atoms with E-state index in [9.17, 15) is 0 Å². The number of nitrogens with one attached hydrogen (secondary N) is 1. The Morgan fingerprint density at radius 2 is 2.40 bits per heavy atom. The first-order valence-corrected chi connectivity index (χ1v) is 4.88. The van der Waals surface area contributed by atoms with Crippen molar-refractivity contribution < 1.29 is 4.74 Å². The number of ether oxygens (including phenoxy) is 1. The first-order chi connectivity index (χ1) is 4.93. The average molecular weight is 161 g/mol. The van der Waals surface area contributed by atoms with Gasteiger partial charge in [-0.2, -0.15) is 11.8 Å². The Morgan fingerprint density at radius 1 is 1.60 bits per heavy atom. The molecule has 3 heteroatoms. The van der Waals surface area contributed by atoms with Gasteiger partial charge in [0, 0.05) is 12.3 Å². The lowest BCUT2D eigenvalue weighted by Gasteiger charge is -2.25. The van der Waals surface area contributed by atoms with Crippen molar-refractivity contribution in [1.29, 1.82) is 0 Å². The van der Waals surface area contributed by atoms with Gasteiger partial charge in [0.25, 0.3) is 0 Å². The Balaban J connectivity index is 1.76. The van der Waals surface area contributed by atoms with E-state index in [1.807, 2.05) is 11.8 Å². The molecule has 0 aliphatic carbocycles. The van der Waals surface area contributed by atoms with Gasteiger partial charge in [-0.3, -0.25) is 0 Å². The smallest absolute Gasteiger partial charge is 0.0607 e. The summed E-state index contributed by atoms with van der Waals surface area (Å²) in [5, 5.41) is 4.08. The molecule has 0 radical (unpaired) electrons. The van der Waals surface area contributed by atoms with Crippen LogP contribution < -0.4 is 5.32 Å². The molecule has 0 atom stereocenters. The summed E-state index contributed by atoms with van der Waals surface area (Å²) < 4.78 is 5.05. The summed E-state index contributed by atoms with van der Waals surface area (Å²) in [6, 6.07) is 0. The van der Waals surface area contributed by atoms with Crippen LogP contribution in [0.2, 0.25) is 0 Å². The molecule has 1 saturated heterocycles. The molecule has 0 aromatic rings. The minimum absolute atomic E-state index is 0.790. The average Bonchev–Trinajstić information content (AvgIpc) is 1.84. The zero-order chi connectivity index (χ0) is 7.23. The van der Waals surface area contributed by atoms with E-state index in [2.05, 4.69) is 12.2 Å². The van der Waals surface area contributed by atoms with Crippen LogP contribution in [0.15, 0.2) is 0 Å². The molecule has 0 spiro atoms. The summed E-state index contributed by atoms with van der Waals surface area (Å²) in [5.74, 6) is 1.22. The van der Waals surface area contributed by atoms with Crippen LogP contribution in [0.4, 0.5) is 0 Å². The van der Waals surface area contributed by atoms with E-state index < -0.39 is 0 Å². The maximum atomic E-state index is 5.05. The summed E-state index contributed by atoms with van der Waals surface area (Å²) in [6.45, 7) is 6.30. The highest BCUT2D eigenvalue weighted by Crippen LogP contribution is 2.17. The van der Waals surface area contributed by atoms with Crippen molar-refractivity contribution in [3.8, 4) is 0 Å². The van der Waals surface area contributed by atoms with Crippen molar-refractivity contribution in [3.63, 3.8) is 0 Å². The van der Waals surface area contributed by atoms with Crippen molar-refractivity contribution in [2.45, 2.75) is 12.2 Å². The monoisotopic (exact) mass is 161 g/mol. The molecular weight excluding hydrogens is 146 g/mol. The molecule has 0 saturated carbocycles. The molecule has 60 valence electrons. The molecule has 1 N–H and O–H groups in total. The van der Waals surface area contributed by atoms with Crippen LogP contribution in [0.25, 0.3) is 0 Å². The van der Waals surface area contributed by atoms with Gasteiger partial charge in [-0.05, 0) is 6.54 Å².